The molecule has 1 unspecified atom stereocenters. The summed E-state index contributed by atoms with van der Waals surface area (Å²) < 4.78 is 1.27. The van der Waals surface area contributed by atoms with Crippen molar-refractivity contribution in [2.24, 2.45) is 0 Å². The molecule has 0 saturated carbocycles. The third-order valence-corrected chi connectivity index (χ3v) is 2.82. The van der Waals surface area contributed by atoms with Gasteiger partial charge in [-0.15, -0.1) is 0 Å². The molecular weight excluding hydrogens is 178 g/mol. The molecule has 1 rings (SSSR count). The Hall–Kier alpha value is 0.208. The van der Waals surface area contributed by atoms with E-state index in [9.17, 15) is 0 Å². The van der Waals surface area contributed by atoms with E-state index in [1.807, 2.05) is 12.1 Å². The van der Waals surface area contributed by atoms with Crippen molar-refractivity contribution >= 4 is 35.7 Å². The molecule has 0 spiro atoms. The second kappa shape index (κ2) is 2.67. The molecule has 1 aromatic carbocycles. The van der Waals surface area contributed by atoms with Crippen LogP contribution in [-0.2, 0) is 0 Å². The van der Waals surface area contributed by atoms with Crippen LogP contribution in [-0.4, -0.2) is 16.9 Å². The Morgan fingerprint density at radius 3 is 2.25 bits per heavy atom. The van der Waals surface area contributed by atoms with Gasteiger partial charge in [-0.2, -0.15) is 0 Å². The van der Waals surface area contributed by atoms with Crippen LogP contribution in [0.15, 0.2) is 24.3 Å². The molecule has 40 valence electrons. The van der Waals surface area contributed by atoms with Crippen LogP contribution in [0.2, 0.25) is 0 Å². The number of hydrogen-bond donors (Lipinski definition) is 0. The number of rotatable bonds is 0. The summed E-state index contributed by atoms with van der Waals surface area (Å²) in [6, 6.07) is 8.20. The molecule has 0 amide bonds. The van der Waals surface area contributed by atoms with Crippen molar-refractivity contribution < 1.29 is 0 Å². The van der Waals surface area contributed by atoms with E-state index in [2.05, 4.69) is 38.2 Å². The zero-order valence-electron chi connectivity index (χ0n) is 4.33. The van der Waals surface area contributed by atoms with Gasteiger partial charge in [0.25, 0.3) is 0 Å². The van der Waals surface area contributed by atoms with Crippen molar-refractivity contribution in [1.29, 1.82) is 0 Å². The first-order chi connectivity index (χ1) is 3.80. The van der Waals surface area contributed by atoms with Crippen molar-refractivity contribution in [3.05, 3.63) is 24.3 Å². The topological polar surface area (TPSA) is 0 Å². The van der Waals surface area contributed by atoms with Crippen LogP contribution < -0.4 is 9.66 Å². The molecule has 0 aliphatic rings. The molecule has 0 aromatic heterocycles. The summed E-state index contributed by atoms with van der Waals surface area (Å²) in [7, 11) is 2.67. The van der Waals surface area contributed by atoms with Crippen molar-refractivity contribution in [1.82, 2.24) is 0 Å². The van der Waals surface area contributed by atoms with Crippen molar-refractivity contribution in [3.8, 4) is 0 Å². The van der Waals surface area contributed by atoms with E-state index in [-0.39, 0.29) is 0 Å². The Morgan fingerprint density at radius 1 is 1.25 bits per heavy atom. The van der Waals surface area contributed by atoms with Gasteiger partial charge >= 0.3 is 60.0 Å². The van der Waals surface area contributed by atoms with E-state index >= 15 is 0 Å². The molecule has 0 saturated heterocycles. The Labute approximate surface area is 60.4 Å². The zero-order valence-corrected chi connectivity index (χ0v) is 7.37. The summed E-state index contributed by atoms with van der Waals surface area (Å²) in [6.45, 7) is 0. The second-order valence-corrected chi connectivity index (χ2v) is 3.19. The van der Waals surface area contributed by atoms with Gasteiger partial charge in [0.2, 0.25) is 0 Å². The fourth-order valence-electron chi connectivity index (χ4n) is 0.488. The molecule has 0 aliphatic heterocycles. The van der Waals surface area contributed by atoms with Crippen LogP contribution in [0.3, 0.4) is 0 Å². The monoisotopic (exact) mass is 184 g/mol. The Kier molecular flexibility index (Phi) is 2.11. The van der Waals surface area contributed by atoms with Crippen molar-refractivity contribution in [2.75, 3.05) is 0 Å². The van der Waals surface area contributed by atoms with Gasteiger partial charge in [-0.05, 0) is 0 Å². The van der Waals surface area contributed by atoms with Gasteiger partial charge in [0.05, 0.1) is 0 Å². The Bertz CT molecular complexity index is 165. The summed E-state index contributed by atoms with van der Waals surface area (Å²) in [5.74, 6) is 0. The van der Waals surface area contributed by atoms with Gasteiger partial charge in [-0.3, -0.25) is 0 Å². The van der Waals surface area contributed by atoms with E-state index in [0.717, 1.165) is 0 Å². The van der Waals surface area contributed by atoms with Gasteiger partial charge < -0.3 is 0 Å². The quantitative estimate of drug-likeness (QED) is 0.392. The Balaban J connectivity index is 3.13. The van der Waals surface area contributed by atoms with Gasteiger partial charge in [0.15, 0.2) is 0 Å². The van der Waals surface area contributed by atoms with Crippen molar-refractivity contribution in [3.63, 3.8) is 0 Å². The molecule has 0 nitrogen and oxygen atoms in total. The zero-order chi connectivity index (χ0) is 5.98. The average Bonchev–Trinajstić information content (AvgIpc) is 1.77. The molecule has 0 aliphatic carbocycles. The van der Waals surface area contributed by atoms with E-state index in [0.29, 0.717) is 0 Å². The molecule has 0 fully saturated rings. The van der Waals surface area contributed by atoms with Crippen LogP contribution in [0.25, 0.3) is 0 Å². The molecule has 1 aromatic rings. The second-order valence-electron chi connectivity index (χ2n) is 1.56. The van der Waals surface area contributed by atoms with Gasteiger partial charge in [-0.1, -0.05) is 0 Å². The van der Waals surface area contributed by atoms with Crippen LogP contribution in [0, 0.1) is 0 Å². The molecule has 2 heteroatoms. The normalized spacial score (nSPS) is 9.25. The maximum absolute atomic E-state index is 2.67. The first kappa shape index (κ1) is 6.33. The summed E-state index contributed by atoms with van der Waals surface area (Å²) in [5.41, 5.74) is 0. The molecule has 8 heavy (non-hydrogen) atoms. The predicted octanol–water partition coefficient (Wildman–Crippen LogP) is -0.0192. The van der Waals surface area contributed by atoms with Gasteiger partial charge in [-0.25, -0.2) is 0 Å². The fourth-order valence-corrected chi connectivity index (χ4v) is 1.03. The first-order valence-corrected chi connectivity index (χ1v) is 3.86. The maximum atomic E-state index is 2.67. The fraction of sp³-hybridized carbons (Fsp3) is 0. The van der Waals surface area contributed by atoms with E-state index in [1.165, 1.54) is 9.66 Å². The van der Waals surface area contributed by atoms with Gasteiger partial charge in [0.1, 0.15) is 0 Å². The third-order valence-electron chi connectivity index (χ3n) is 0.937. The van der Waals surface area contributed by atoms with Crippen LogP contribution >= 0.6 is 9.24 Å². The van der Waals surface area contributed by atoms with Gasteiger partial charge in [0, 0.05) is 0 Å². The summed E-state index contributed by atoms with van der Waals surface area (Å²) >= 11 is 2.52. The van der Waals surface area contributed by atoms with Crippen LogP contribution in [0.5, 0.6) is 0 Å². The molecular formula is C6H6AsP. The minimum atomic E-state index is 1.26. The molecule has 0 heterocycles. The number of benzene rings is 1. The van der Waals surface area contributed by atoms with E-state index in [1.54, 1.807) is 0 Å². The predicted molar refractivity (Wildman–Crippen MR) is 41.2 cm³/mol. The van der Waals surface area contributed by atoms with E-state index in [4.69, 9.17) is 0 Å². The van der Waals surface area contributed by atoms with E-state index < -0.39 is 0 Å². The van der Waals surface area contributed by atoms with Crippen molar-refractivity contribution in [2.45, 2.75) is 0 Å². The molecule has 1 atom stereocenters. The standard InChI is InChI=1S/C6H6AsP/c7-5-3-1-2-4-6(5)8/h1-4H,8H2. The molecule has 0 bridgehead atoms. The summed E-state index contributed by atoms with van der Waals surface area (Å²) in [6.07, 6.45) is 0. The average molecular weight is 184 g/mol. The molecule has 0 N–H and O–H groups in total. The summed E-state index contributed by atoms with van der Waals surface area (Å²) in [5, 5.41) is 1.26. The molecule has 2 radical (unpaired) electrons. The van der Waals surface area contributed by atoms with Crippen LogP contribution in [0.4, 0.5) is 0 Å². The third kappa shape index (κ3) is 1.34. The van der Waals surface area contributed by atoms with Crippen LogP contribution in [0.1, 0.15) is 0 Å². The Morgan fingerprint density at radius 2 is 1.88 bits per heavy atom. The minimum absolute atomic E-state index is 1.26. The SMILES string of the molecule is Pc1ccccc1[As]. The number of hydrogen-bond acceptors (Lipinski definition) is 0. The first-order valence-electron chi connectivity index (χ1n) is 2.34. The summed E-state index contributed by atoms with van der Waals surface area (Å²) in [4.78, 5) is 0.